The van der Waals surface area contributed by atoms with Gasteiger partial charge in [-0.1, -0.05) is 0 Å². The highest BCUT2D eigenvalue weighted by Crippen LogP contribution is 2.40. The summed E-state index contributed by atoms with van der Waals surface area (Å²) in [5.41, 5.74) is 5.42. The monoisotopic (exact) mass is 476 g/mol. The fraction of sp³-hybridized carbons (Fsp3) is 0.542. The van der Waals surface area contributed by atoms with Crippen LogP contribution in [0.5, 0.6) is 0 Å². The molecule has 10 heteroatoms. The zero-order valence-corrected chi connectivity index (χ0v) is 19.6. The van der Waals surface area contributed by atoms with E-state index in [2.05, 4.69) is 34.2 Å². The molecule has 1 aromatic heterocycles. The van der Waals surface area contributed by atoms with Crippen molar-refractivity contribution in [1.29, 1.82) is 0 Å². The van der Waals surface area contributed by atoms with Crippen LogP contribution in [0, 0.1) is 5.92 Å². The molecule has 4 rings (SSSR count). The van der Waals surface area contributed by atoms with Gasteiger partial charge in [0.25, 0.3) is 5.91 Å². The summed E-state index contributed by atoms with van der Waals surface area (Å²) in [6.07, 6.45) is 3.22. The van der Waals surface area contributed by atoms with Crippen LogP contribution in [0.2, 0.25) is 0 Å². The van der Waals surface area contributed by atoms with Crippen molar-refractivity contribution in [3.8, 4) is 0 Å². The number of carbonyl (C=O) groups excluding carboxylic acids is 1. The smallest absolute Gasteiger partial charge is 0.365 e. The van der Waals surface area contributed by atoms with E-state index in [1.54, 1.807) is 17.9 Å². The van der Waals surface area contributed by atoms with E-state index in [9.17, 15) is 18.0 Å². The van der Waals surface area contributed by atoms with Gasteiger partial charge in [0, 0.05) is 49.2 Å². The highest BCUT2D eigenvalue weighted by atomic mass is 19.4. The van der Waals surface area contributed by atoms with Gasteiger partial charge in [-0.25, -0.2) is 0 Å². The van der Waals surface area contributed by atoms with Crippen molar-refractivity contribution in [1.82, 2.24) is 14.7 Å². The number of benzene rings is 1. The molecule has 7 nitrogen and oxygen atoms in total. The SMILES string of the molecule is CN=C[C@H]1C[C@@H](N2[C@H](C)C[C@H]2C)CC[C@@H]1n1cc(C(N)=O)c(Nc2ccc(C(F)(F)F)cc2)n1. The third-order valence-corrected chi connectivity index (χ3v) is 7.11. The Morgan fingerprint density at radius 3 is 2.41 bits per heavy atom. The molecular weight excluding hydrogens is 445 g/mol. The predicted octanol–water partition coefficient (Wildman–Crippen LogP) is 4.64. The van der Waals surface area contributed by atoms with Gasteiger partial charge in [0.15, 0.2) is 5.82 Å². The Morgan fingerprint density at radius 1 is 1.18 bits per heavy atom. The first-order chi connectivity index (χ1) is 16.1. The van der Waals surface area contributed by atoms with Gasteiger partial charge in [-0.3, -0.25) is 14.4 Å². The molecule has 34 heavy (non-hydrogen) atoms. The highest BCUT2D eigenvalue weighted by molar-refractivity contribution is 5.98. The van der Waals surface area contributed by atoms with Crippen LogP contribution in [-0.2, 0) is 6.18 Å². The molecule has 2 aromatic rings. The maximum atomic E-state index is 12.9. The molecule has 1 amide bonds. The van der Waals surface area contributed by atoms with Crippen LogP contribution in [0.25, 0.3) is 0 Å². The zero-order valence-electron chi connectivity index (χ0n) is 19.6. The standard InChI is InChI=1S/C24H31F3N6O/c1-14-10-15(2)33(14)19-8-9-21(16(11-19)12-29-3)32-13-20(22(28)34)23(31-32)30-18-6-4-17(5-7-18)24(25,26)27/h4-7,12-16,19,21H,8-11H2,1-3H3,(H2,28,34)(H,30,31)/t14-,15-,16-,19+,21+/m1/s1. The van der Waals surface area contributed by atoms with Crippen LogP contribution in [0.15, 0.2) is 35.5 Å². The van der Waals surface area contributed by atoms with Gasteiger partial charge in [-0.05, 0) is 63.8 Å². The van der Waals surface area contributed by atoms with E-state index < -0.39 is 17.6 Å². The van der Waals surface area contributed by atoms with Gasteiger partial charge < -0.3 is 16.0 Å². The summed E-state index contributed by atoms with van der Waals surface area (Å²) in [6, 6.07) is 6.23. The molecule has 3 N–H and O–H groups in total. The van der Waals surface area contributed by atoms with E-state index in [1.807, 2.05) is 6.21 Å². The van der Waals surface area contributed by atoms with Crippen molar-refractivity contribution in [2.45, 2.75) is 69.9 Å². The van der Waals surface area contributed by atoms with Crippen molar-refractivity contribution in [3.05, 3.63) is 41.6 Å². The second kappa shape index (κ2) is 9.40. The third kappa shape index (κ3) is 4.82. The summed E-state index contributed by atoms with van der Waals surface area (Å²) < 4.78 is 40.3. The Labute approximate surface area is 197 Å². The molecule has 0 radical (unpaired) electrons. The number of carbonyl (C=O) groups is 1. The number of amides is 1. The Balaban J connectivity index is 1.56. The molecule has 2 heterocycles. The van der Waals surface area contributed by atoms with E-state index in [-0.39, 0.29) is 23.3 Å². The second-order valence-corrected chi connectivity index (χ2v) is 9.42. The number of alkyl halides is 3. The Bertz CT molecular complexity index is 1040. The van der Waals surface area contributed by atoms with Crippen LogP contribution >= 0.6 is 0 Å². The number of anilines is 2. The molecule has 0 bridgehead atoms. The van der Waals surface area contributed by atoms with Gasteiger partial charge in [0.1, 0.15) is 5.56 Å². The first-order valence-electron chi connectivity index (χ1n) is 11.6. The van der Waals surface area contributed by atoms with Crippen molar-refractivity contribution >= 4 is 23.6 Å². The fourth-order valence-electron chi connectivity index (χ4n) is 5.58. The highest BCUT2D eigenvalue weighted by Gasteiger charge is 2.42. The van der Waals surface area contributed by atoms with E-state index in [0.29, 0.717) is 23.8 Å². The predicted molar refractivity (Wildman–Crippen MR) is 125 cm³/mol. The molecular formula is C24H31F3N6O. The van der Waals surface area contributed by atoms with E-state index in [1.165, 1.54) is 18.6 Å². The quantitative estimate of drug-likeness (QED) is 0.595. The molecule has 1 saturated heterocycles. The summed E-state index contributed by atoms with van der Waals surface area (Å²) in [6.45, 7) is 4.53. The minimum Gasteiger partial charge on any atom is -0.365 e. The minimum atomic E-state index is -4.42. The number of primary amides is 1. The fourth-order valence-corrected chi connectivity index (χ4v) is 5.58. The van der Waals surface area contributed by atoms with Crippen LogP contribution < -0.4 is 11.1 Å². The lowest BCUT2D eigenvalue weighted by Crippen LogP contribution is -2.59. The van der Waals surface area contributed by atoms with Gasteiger partial charge in [0.2, 0.25) is 0 Å². The van der Waals surface area contributed by atoms with Crippen LogP contribution in [0.3, 0.4) is 0 Å². The number of aliphatic imine (C=N–C) groups is 1. The normalized spacial score (nSPS) is 28.1. The summed E-state index contributed by atoms with van der Waals surface area (Å²) in [5.74, 6) is -0.284. The number of rotatable bonds is 6. The van der Waals surface area contributed by atoms with Crippen LogP contribution in [0.1, 0.15) is 61.5 Å². The minimum absolute atomic E-state index is 0.00749. The zero-order chi connectivity index (χ0) is 24.6. The van der Waals surface area contributed by atoms with Gasteiger partial charge in [0.05, 0.1) is 11.6 Å². The summed E-state index contributed by atoms with van der Waals surface area (Å²) in [5, 5.41) is 7.55. The summed E-state index contributed by atoms with van der Waals surface area (Å²) >= 11 is 0. The van der Waals surface area contributed by atoms with E-state index >= 15 is 0 Å². The molecule has 0 unspecified atom stereocenters. The molecule has 0 spiro atoms. The number of likely N-dealkylation sites (tertiary alicyclic amines) is 1. The summed E-state index contributed by atoms with van der Waals surface area (Å²) in [4.78, 5) is 19.0. The number of nitrogens with two attached hydrogens (primary N) is 1. The van der Waals surface area contributed by atoms with Crippen LogP contribution in [0.4, 0.5) is 24.7 Å². The Kier molecular flexibility index (Phi) is 6.71. The lowest BCUT2D eigenvalue weighted by molar-refractivity contribution is -0.137. The number of nitrogens with zero attached hydrogens (tertiary/aromatic N) is 4. The average Bonchev–Trinajstić information content (AvgIpc) is 3.17. The molecule has 2 aliphatic rings. The van der Waals surface area contributed by atoms with E-state index in [4.69, 9.17) is 5.73 Å². The number of aromatic nitrogens is 2. The number of hydrogen-bond donors (Lipinski definition) is 2. The lowest BCUT2D eigenvalue weighted by atomic mass is 9.78. The first-order valence-corrected chi connectivity index (χ1v) is 11.6. The summed E-state index contributed by atoms with van der Waals surface area (Å²) in [7, 11) is 1.76. The number of nitrogens with one attached hydrogen (secondary N) is 1. The third-order valence-electron chi connectivity index (χ3n) is 7.11. The largest absolute Gasteiger partial charge is 0.416 e. The van der Waals surface area contributed by atoms with Crippen molar-refractivity contribution in [2.75, 3.05) is 12.4 Å². The number of halogens is 3. The van der Waals surface area contributed by atoms with Gasteiger partial charge >= 0.3 is 6.18 Å². The van der Waals surface area contributed by atoms with E-state index in [0.717, 1.165) is 31.4 Å². The Hall–Kier alpha value is -2.88. The molecule has 2 fully saturated rings. The molecule has 184 valence electrons. The Morgan fingerprint density at radius 2 is 1.85 bits per heavy atom. The van der Waals surface area contributed by atoms with Crippen LogP contribution in [-0.4, -0.2) is 52.0 Å². The second-order valence-electron chi connectivity index (χ2n) is 9.42. The lowest BCUT2D eigenvalue weighted by Gasteiger charge is -2.53. The maximum absolute atomic E-state index is 12.9. The van der Waals surface area contributed by atoms with Crippen molar-refractivity contribution in [3.63, 3.8) is 0 Å². The van der Waals surface area contributed by atoms with Crippen molar-refractivity contribution < 1.29 is 18.0 Å². The first kappa shape index (κ1) is 24.3. The maximum Gasteiger partial charge on any atom is 0.416 e. The van der Waals surface area contributed by atoms with Gasteiger partial charge in [-0.15, -0.1) is 0 Å². The number of hydrogen-bond acceptors (Lipinski definition) is 5. The molecule has 1 aliphatic carbocycles. The average molecular weight is 477 g/mol. The topological polar surface area (TPSA) is 88.5 Å². The molecule has 5 atom stereocenters. The van der Waals surface area contributed by atoms with Crippen molar-refractivity contribution in [2.24, 2.45) is 16.6 Å². The molecule has 1 aromatic carbocycles. The van der Waals surface area contributed by atoms with Gasteiger partial charge in [-0.2, -0.15) is 18.3 Å². The molecule has 1 saturated carbocycles. The molecule has 1 aliphatic heterocycles.